The minimum atomic E-state index is -0.362. The van der Waals surface area contributed by atoms with Gasteiger partial charge in [-0.3, -0.25) is 9.36 Å². The maximum atomic E-state index is 12.9. The fourth-order valence-electron chi connectivity index (χ4n) is 3.34. The number of carbonyl (C=O) groups excluding carboxylic acids is 1. The number of benzene rings is 3. The van der Waals surface area contributed by atoms with Crippen molar-refractivity contribution in [3.8, 4) is 17.1 Å². The van der Waals surface area contributed by atoms with Crippen molar-refractivity contribution in [3.05, 3.63) is 90.5 Å². The summed E-state index contributed by atoms with van der Waals surface area (Å²) >= 11 is 1.40. The van der Waals surface area contributed by atoms with Crippen LogP contribution in [-0.4, -0.2) is 32.5 Å². The second-order valence-corrected chi connectivity index (χ2v) is 8.76. The van der Waals surface area contributed by atoms with Gasteiger partial charge in [0.15, 0.2) is 11.0 Å². The Hall–Kier alpha value is -3.58. The lowest BCUT2D eigenvalue weighted by Gasteiger charge is -2.14. The Morgan fingerprint density at radius 3 is 2.30 bits per heavy atom. The van der Waals surface area contributed by atoms with Crippen molar-refractivity contribution >= 4 is 23.4 Å². The van der Waals surface area contributed by atoms with E-state index >= 15 is 0 Å². The van der Waals surface area contributed by atoms with Crippen molar-refractivity contribution in [1.29, 1.82) is 0 Å². The van der Waals surface area contributed by atoms with Crippen LogP contribution in [0.2, 0.25) is 0 Å². The summed E-state index contributed by atoms with van der Waals surface area (Å²) in [6, 6.07) is 27.5. The molecule has 7 heteroatoms. The van der Waals surface area contributed by atoms with Crippen LogP contribution in [0, 0.1) is 0 Å². The van der Waals surface area contributed by atoms with E-state index in [0.29, 0.717) is 18.3 Å². The molecule has 1 aromatic heterocycles. The van der Waals surface area contributed by atoms with Gasteiger partial charge < -0.3 is 10.1 Å². The van der Waals surface area contributed by atoms with Crippen molar-refractivity contribution in [3.63, 3.8) is 0 Å². The molecule has 168 valence electrons. The van der Waals surface area contributed by atoms with Crippen LogP contribution in [0.4, 0.5) is 5.69 Å². The van der Waals surface area contributed by atoms with E-state index in [1.807, 2.05) is 86.6 Å². The highest BCUT2D eigenvalue weighted by Crippen LogP contribution is 2.28. The van der Waals surface area contributed by atoms with Gasteiger partial charge >= 0.3 is 0 Å². The average Bonchev–Trinajstić information content (AvgIpc) is 3.23. The van der Waals surface area contributed by atoms with E-state index in [1.54, 1.807) is 0 Å². The normalized spacial score (nSPS) is 11.7. The fourth-order valence-corrected chi connectivity index (χ4v) is 4.19. The lowest BCUT2D eigenvalue weighted by atomic mass is 10.2. The largest absolute Gasteiger partial charge is 0.494 e. The highest BCUT2D eigenvalue weighted by atomic mass is 32.2. The molecule has 6 nitrogen and oxygen atoms in total. The summed E-state index contributed by atoms with van der Waals surface area (Å²) in [5.74, 6) is 1.46. The number of carbonyl (C=O) groups is 1. The van der Waals surface area contributed by atoms with Gasteiger partial charge in [-0.2, -0.15) is 0 Å². The second kappa shape index (κ2) is 10.8. The van der Waals surface area contributed by atoms with E-state index in [4.69, 9.17) is 4.74 Å². The SMILES string of the molecule is CCOc1ccc(NC(=O)[C@H](C)Sc2nnc(-c3ccccc3)n2Cc2ccccc2)cc1. The van der Waals surface area contributed by atoms with E-state index in [0.717, 1.165) is 28.4 Å². The van der Waals surface area contributed by atoms with Crippen LogP contribution in [0.5, 0.6) is 5.75 Å². The van der Waals surface area contributed by atoms with Gasteiger partial charge in [-0.25, -0.2) is 0 Å². The minimum Gasteiger partial charge on any atom is -0.494 e. The molecular weight excluding hydrogens is 432 g/mol. The first-order valence-corrected chi connectivity index (χ1v) is 11.7. The Morgan fingerprint density at radius 2 is 1.64 bits per heavy atom. The maximum absolute atomic E-state index is 12.9. The maximum Gasteiger partial charge on any atom is 0.237 e. The highest BCUT2D eigenvalue weighted by Gasteiger charge is 2.21. The number of anilines is 1. The van der Waals surface area contributed by atoms with Gasteiger partial charge in [-0.05, 0) is 43.7 Å². The van der Waals surface area contributed by atoms with Gasteiger partial charge in [0, 0.05) is 11.3 Å². The number of thioether (sulfide) groups is 1. The van der Waals surface area contributed by atoms with Crippen LogP contribution in [-0.2, 0) is 11.3 Å². The smallest absolute Gasteiger partial charge is 0.237 e. The van der Waals surface area contributed by atoms with Crippen LogP contribution in [0.3, 0.4) is 0 Å². The third-order valence-corrected chi connectivity index (χ3v) is 6.10. The van der Waals surface area contributed by atoms with Crippen LogP contribution in [0.25, 0.3) is 11.4 Å². The summed E-state index contributed by atoms with van der Waals surface area (Å²) in [6.07, 6.45) is 0. The quantitative estimate of drug-likeness (QED) is 0.335. The van der Waals surface area contributed by atoms with Gasteiger partial charge in [0.25, 0.3) is 0 Å². The number of nitrogens with one attached hydrogen (secondary N) is 1. The predicted molar refractivity (Wildman–Crippen MR) is 133 cm³/mol. The molecule has 0 aliphatic carbocycles. The second-order valence-electron chi connectivity index (χ2n) is 7.45. The molecular formula is C26H26N4O2S. The van der Waals surface area contributed by atoms with Crippen molar-refractivity contribution in [2.45, 2.75) is 30.8 Å². The van der Waals surface area contributed by atoms with Crippen molar-refractivity contribution < 1.29 is 9.53 Å². The van der Waals surface area contributed by atoms with E-state index in [1.165, 1.54) is 11.8 Å². The topological polar surface area (TPSA) is 69.0 Å². The Morgan fingerprint density at radius 1 is 0.970 bits per heavy atom. The number of hydrogen-bond donors (Lipinski definition) is 1. The first-order valence-electron chi connectivity index (χ1n) is 10.9. The Labute approximate surface area is 198 Å². The monoisotopic (exact) mass is 458 g/mol. The molecule has 3 aromatic carbocycles. The zero-order valence-electron chi connectivity index (χ0n) is 18.6. The number of nitrogens with zero attached hydrogens (tertiary/aromatic N) is 3. The number of rotatable bonds is 9. The third-order valence-electron chi connectivity index (χ3n) is 5.02. The lowest BCUT2D eigenvalue weighted by molar-refractivity contribution is -0.115. The molecule has 1 heterocycles. The van der Waals surface area contributed by atoms with Crippen molar-refractivity contribution in [1.82, 2.24) is 14.8 Å². The standard InChI is InChI=1S/C26H26N4O2S/c1-3-32-23-16-14-22(15-17-23)27-25(31)19(2)33-26-29-28-24(21-12-8-5-9-13-21)30(26)18-20-10-6-4-7-11-20/h4-17,19H,3,18H2,1-2H3,(H,27,31)/t19-/m0/s1. The van der Waals surface area contributed by atoms with Crippen molar-refractivity contribution in [2.24, 2.45) is 0 Å². The zero-order chi connectivity index (χ0) is 23.0. The lowest BCUT2D eigenvalue weighted by Crippen LogP contribution is -2.23. The zero-order valence-corrected chi connectivity index (χ0v) is 19.5. The number of aromatic nitrogens is 3. The van der Waals surface area contributed by atoms with Crippen LogP contribution in [0.15, 0.2) is 90.1 Å². The fraction of sp³-hybridized carbons (Fsp3) is 0.192. The molecule has 1 N–H and O–H groups in total. The average molecular weight is 459 g/mol. The summed E-state index contributed by atoms with van der Waals surface area (Å²) in [7, 11) is 0. The van der Waals surface area contributed by atoms with Crippen LogP contribution in [0.1, 0.15) is 19.4 Å². The Kier molecular flexibility index (Phi) is 7.42. The molecule has 4 rings (SSSR count). The molecule has 4 aromatic rings. The van der Waals surface area contributed by atoms with E-state index in [-0.39, 0.29) is 11.2 Å². The molecule has 0 radical (unpaired) electrons. The van der Waals surface area contributed by atoms with Gasteiger partial charge in [-0.1, -0.05) is 72.4 Å². The van der Waals surface area contributed by atoms with E-state index in [9.17, 15) is 4.79 Å². The van der Waals surface area contributed by atoms with Gasteiger partial charge in [0.05, 0.1) is 18.4 Å². The first-order chi connectivity index (χ1) is 16.1. The van der Waals surface area contributed by atoms with E-state index in [2.05, 4.69) is 32.2 Å². The molecule has 0 saturated heterocycles. The summed E-state index contributed by atoms with van der Waals surface area (Å²) in [5, 5.41) is 12.2. The first kappa shape index (κ1) is 22.6. The molecule has 0 bridgehead atoms. The van der Waals surface area contributed by atoms with Gasteiger partial charge in [0.1, 0.15) is 5.75 Å². The summed E-state index contributed by atoms with van der Waals surface area (Å²) in [5.41, 5.74) is 2.86. The number of hydrogen-bond acceptors (Lipinski definition) is 5. The molecule has 0 aliphatic rings. The Bertz CT molecular complexity index is 1180. The molecule has 0 unspecified atom stereocenters. The summed E-state index contributed by atoms with van der Waals surface area (Å²) in [6.45, 7) is 5.04. The molecule has 1 atom stereocenters. The van der Waals surface area contributed by atoms with Crippen LogP contribution < -0.4 is 10.1 Å². The molecule has 0 fully saturated rings. The van der Waals surface area contributed by atoms with Gasteiger partial charge in [-0.15, -0.1) is 10.2 Å². The minimum absolute atomic E-state index is 0.0975. The highest BCUT2D eigenvalue weighted by molar-refractivity contribution is 8.00. The van der Waals surface area contributed by atoms with Gasteiger partial charge in [0.2, 0.25) is 5.91 Å². The molecule has 0 spiro atoms. The molecule has 33 heavy (non-hydrogen) atoms. The van der Waals surface area contributed by atoms with Crippen molar-refractivity contribution in [2.75, 3.05) is 11.9 Å². The molecule has 0 aliphatic heterocycles. The molecule has 0 saturated carbocycles. The molecule has 1 amide bonds. The third kappa shape index (κ3) is 5.81. The Balaban J connectivity index is 1.52. The summed E-state index contributed by atoms with van der Waals surface area (Å²) < 4.78 is 7.52. The predicted octanol–water partition coefficient (Wildman–Crippen LogP) is 5.51. The number of ether oxygens (including phenoxy) is 1. The van der Waals surface area contributed by atoms with Crippen LogP contribution >= 0.6 is 11.8 Å². The van der Waals surface area contributed by atoms with E-state index < -0.39 is 0 Å². The summed E-state index contributed by atoms with van der Waals surface area (Å²) in [4.78, 5) is 12.9. The number of amides is 1.